The molecule has 5 heteroatoms. The van der Waals surface area contributed by atoms with Gasteiger partial charge in [0.25, 0.3) is 0 Å². The normalized spacial score (nSPS) is 10.3. The highest BCUT2D eigenvalue weighted by molar-refractivity contribution is 4.35. The fourth-order valence-corrected chi connectivity index (χ4v) is 1.20. The molecule has 0 rings (SSSR count). The fourth-order valence-electron chi connectivity index (χ4n) is 1.20. The molecular formula is C16H36O5. The van der Waals surface area contributed by atoms with Gasteiger partial charge in [-0.15, -0.1) is 0 Å². The lowest BCUT2D eigenvalue weighted by atomic mass is 10.4. The molecule has 0 unspecified atom stereocenters. The third-order valence-electron chi connectivity index (χ3n) is 2.52. The van der Waals surface area contributed by atoms with Crippen LogP contribution in [-0.4, -0.2) is 67.1 Å². The lowest BCUT2D eigenvalue weighted by Crippen LogP contribution is -2.06. The van der Waals surface area contributed by atoms with Gasteiger partial charge >= 0.3 is 0 Å². The Bertz CT molecular complexity index is 140. The van der Waals surface area contributed by atoms with Crippen molar-refractivity contribution in [2.45, 2.75) is 39.5 Å². The molecule has 0 heterocycles. The molecule has 0 amide bonds. The van der Waals surface area contributed by atoms with E-state index in [-0.39, 0.29) is 0 Å². The minimum absolute atomic E-state index is 0.653. The number of rotatable bonds is 15. The van der Waals surface area contributed by atoms with Gasteiger partial charge in [0.15, 0.2) is 0 Å². The largest absolute Gasteiger partial charge is 0.382 e. The van der Waals surface area contributed by atoms with Crippen molar-refractivity contribution in [3.63, 3.8) is 0 Å². The first-order chi connectivity index (χ1) is 10.3. The molecule has 130 valence electrons. The molecule has 0 aromatic rings. The minimum Gasteiger partial charge on any atom is -0.382 e. The van der Waals surface area contributed by atoms with Crippen LogP contribution in [0.4, 0.5) is 0 Å². The fraction of sp³-hybridized carbons (Fsp3) is 1.00. The lowest BCUT2D eigenvalue weighted by molar-refractivity contribution is 0.0385. The summed E-state index contributed by atoms with van der Waals surface area (Å²) in [5.41, 5.74) is 0. The van der Waals surface area contributed by atoms with Crippen LogP contribution < -0.4 is 0 Å². The summed E-state index contributed by atoms with van der Waals surface area (Å²) in [7, 11) is 3.30. The summed E-state index contributed by atoms with van der Waals surface area (Å²) in [5.74, 6) is 0. The summed E-state index contributed by atoms with van der Waals surface area (Å²) < 4.78 is 25.2. The van der Waals surface area contributed by atoms with Crippen LogP contribution in [-0.2, 0) is 23.7 Å². The van der Waals surface area contributed by atoms with E-state index in [1.54, 1.807) is 14.2 Å². The van der Waals surface area contributed by atoms with Crippen LogP contribution in [0.15, 0.2) is 0 Å². The Kier molecular flexibility index (Phi) is 27.2. The van der Waals surface area contributed by atoms with E-state index in [9.17, 15) is 0 Å². The van der Waals surface area contributed by atoms with Crippen LogP contribution in [0.1, 0.15) is 39.5 Å². The summed E-state index contributed by atoms with van der Waals surface area (Å²) in [6, 6.07) is 0. The van der Waals surface area contributed by atoms with Crippen LogP contribution in [0.5, 0.6) is 0 Å². The maximum Gasteiger partial charge on any atom is 0.0701 e. The first kappa shape index (κ1) is 23.1. The molecule has 0 aliphatic carbocycles. The van der Waals surface area contributed by atoms with Crippen molar-refractivity contribution in [2.24, 2.45) is 0 Å². The van der Waals surface area contributed by atoms with Gasteiger partial charge < -0.3 is 23.7 Å². The number of unbranched alkanes of at least 4 members (excludes halogenated alkanes) is 2. The monoisotopic (exact) mass is 308 g/mol. The number of ether oxygens (including phenoxy) is 5. The van der Waals surface area contributed by atoms with Gasteiger partial charge in [0.2, 0.25) is 0 Å². The van der Waals surface area contributed by atoms with E-state index in [4.69, 9.17) is 23.7 Å². The minimum atomic E-state index is 0.653. The van der Waals surface area contributed by atoms with E-state index in [0.29, 0.717) is 26.4 Å². The second-order valence-electron chi connectivity index (χ2n) is 4.53. The quantitative estimate of drug-likeness (QED) is 0.435. The third-order valence-corrected chi connectivity index (χ3v) is 2.52. The van der Waals surface area contributed by atoms with Gasteiger partial charge in [0.1, 0.15) is 0 Å². The van der Waals surface area contributed by atoms with Crippen LogP contribution in [0.3, 0.4) is 0 Å². The van der Waals surface area contributed by atoms with E-state index in [1.807, 2.05) is 0 Å². The molecule has 0 saturated carbocycles. The average molecular weight is 308 g/mol. The van der Waals surface area contributed by atoms with Gasteiger partial charge in [-0.3, -0.25) is 0 Å². The molecule has 5 nitrogen and oxygen atoms in total. The average Bonchev–Trinajstić information content (AvgIpc) is 2.51. The highest BCUT2D eigenvalue weighted by Gasteiger charge is 1.88. The molecule has 0 aliphatic heterocycles. The first-order valence-corrected chi connectivity index (χ1v) is 8.04. The van der Waals surface area contributed by atoms with Gasteiger partial charge in [-0.2, -0.15) is 0 Å². The molecular weight excluding hydrogens is 272 g/mol. The zero-order valence-corrected chi connectivity index (χ0v) is 14.5. The standard InChI is InChI=1S/C10H22O2.C6H14O3/c1-3-5-7-11-9-10-12-8-6-4-2;1-7-3-5-9-6-4-8-2/h3-10H2,1-2H3;3-6H2,1-2H3. The summed E-state index contributed by atoms with van der Waals surface area (Å²) >= 11 is 0. The smallest absolute Gasteiger partial charge is 0.0701 e. The Morgan fingerprint density at radius 2 is 0.810 bits per heavy atom. The molecule has 0 atom stereocenters. The van der Waals surface area contributed by atoms with Gasteiger partial charge in [-0.05, 0) is 12.8 Å². The summed E-state index contributed by atoms with van der Waals surface area (Å²) in [5, 5.41) is 0. The molecule has 0 spiro atoms. The lowest BCUT2D eigenvalue weighted by Gasteiger charge is -2.03. The van der Waals surface area contributed by atoms with Crippen molar-refractivity contribution in [1.29, 1.82) is 0 Å². The van der Waals surface area contributed by atoms with Crippen LogP contribution in [0, 0.1) is 0 Å². The van der Waals surface area contributed by atoms with Crippen LogP contribution in [0.2, 0.25) is 0 Å². The summed E-state index contributed by atoms with van der Waals surface area (Å²) in [6.07, 6.45) is 4.73. The van der Waals surface area contributed by atoms with Gasteiger partial charge in [-0.25, -0.2) is 0 Å². The van der Waals surface area contributed by atoms with Crippen LogP contribution in [0.25, 0.3) is 0 Å². The molecule has 0 saturated heterocycles. The Balaban J connectivity index is 0. The molecule has 0 N–H and O–H groups in total. The molecule has 0 fully saturated rings. The van der Waals surface area contributed by atoms with Crippen molar-refractivity contribution < 1.29 is 23.7 Å². The van der Waals surface area contributed by atoms with Crippen molar-refractivity contribution >= 4 is 0 Å². The molecule has 21 heavy (non-hydrogen) atoms. The summed E-state index contributed by atoms with van der Waals surface area (Å²) in [4.78, 5) is 0. The highest BCUT2D eigenvalue weighted by Crippen LogP contribution is 1.90. The topological polar surface area (TPSA) is 46.2 Å². The summed E-state index contributed by atoms with van der Waals surface area (Å²) in [6.45, 7) is 10.2. The molecule has 0 aromatic carbocycles. The van der Waals surface area contributed by atoms with E-state index < -0.39 is 0 Å². The maximum atomic E-state index is 5.33. The van der Waals surface area contributed by atoms with Crippen LogP contribution >= 0.6 is 0 Å². The van der Waals surface area contributed by atoms with Crippen molar-refractivity contribution in [3.05, 3.63) is 0 Å². The number of hydrogen-bond donors (Lipinski definition) is 0. The predicted molar refractivity (Wildman–Crippen MR) is 86.0 cm³/mol. The van der Waals surface area contributed by atoms with Crippen molar-refractivity contribution in [2.75, 3.05) is 67.1 Å². The Morgan fingerprint density at radius 3 is 1.14 bits per heavy atom. The zero-order valence-electron chi connectivity index (χ0n) is 14.5. The van der Waals surface area contributed by atoms with Gasteiger partial charge in [0, 0.05) is 27.4 Å². The first-order valence-electron chi connectivity index (χ1n) is 8.04. The molecule has 0 aliphatic rings. The van der Waals surface area contributed by atoms with E-state index >= 15 is 0 Å². The Labute approximate surface area is 131 Å². The molecule has 0 radical (unpaired) electrons. The van der Waals surface area contributed by atoms with Crippen molar-refractivity contribution in [3.8, 4) is 0 Å². The second kappa shape index (κ2) is 24.8. The van der Waals surface area contributed by atoms with E-state index in [2.05, 4.69) is 13.8 Å². The Morgan fingerprint density at radius 1 is 0.476 bits per heavy atom. The van der Waals surface area contributed by atoms with E-state index in [1.165, 1.54) is 12.8 Å². The van der Waals surface area contributed by atoms with Gasteiger partial charge in [0.05, 0.1) is 39.6 Å². The number of hydrogen-bond acceptors (Lipinski definition) is 5. The molecule has 0 bridgehead atoms. The Hall–Kier alpha value is -0.200. The third kappa shape index (κ3) is 28.6. The van der Waals surface area contributed by atoms with E-state index in [0.717, 1.165) is 39.3 Å². The maximum absolute atomic E-state index is 5.33. The zero-order chi connectivity index (χ0) is 16.0. The predicted octanol–water partition coefficient (Wildman–Crippen LogP) is 2.92. The van der Waals surface area contributed by atoms with Gasteiger partial charge in [-0.1, -0.05) is 26.7 Å². The van der Waals surface area contributed by atoms with Crippen molar-refractivity contribution in [1.82, 2.24) is 0 Å². The second-order valence-corrected chi connectivity index (χ2v) is 4.53. The SMILES string of the molecule is CCCCOCCOCCCC.COCCOCCOC. The molecule has 0 aromatic heterocycles. The number of methoxy groups -OCH3 is 2. The highest BCUT2D eigenvalue weighted by atomic mass is 16.5.